The normalized spacial score (nSPS) is 16.1. The Hall–Kier alpha value is -1.14. The molecule has 1 aliphatic rings. The predicted molar refractivity (Wildman–Crippen MR) is 98.5 cm³/mol. The molecule has 5 nitrogen and oxygen atoms in total. The molecule has 0 aliphatic carbocycles. The van der Waals surface area contributed by atoms with Gasteiger partial charge in [-0.3, -0.25) is 4.90 Å². The largest absolute Gasteiger partial charge is 0.338 e. The number of nitrogens with one attached hydrogen (secondary N) is 1. The quantitative estimate of drug-likeness (QED) is 0.840. The Balaban J connectivity index is 0.00000208. The van der Waals surface area contributed by atoms with E-state index in [1.807, 2.05) is 24.3 Å². The van der Waals surface area contributed by atoms with E-state index in [-0.39, 0.29) is 12.4 Å². The van der Waals surface area contributed by atoms with E-state index in [1.54, 1.807) is 0 Å². The average Bonchev–Trinajstić information content (AvgIpc) is 3.03. The highest BCUT2D eigenvalue weighted by Crippen LogP contribution is 2.22. The molecule has 2 aromatic rings. The van der Waals surface area contributed by atoms with E-state index in [4.69, 9.17) is 16.1 Å². The Morgan fingerprint density at radius 2 is 2.12 bits per heavy atom. The van der Waals surface area contributed by atoms with Crippen LogP contribution in [0.1, 0.15) is 25.7 Å². The van der Waals surface area contributed by atoms with Crippen LogP contribution in [0, 0.1) is 5.92 Å². The minimum absolute atomic E-state index is 0. The Bertz CT molecular complexity index is 627. The molecule has 24 heavy (non-hydrogen) atoms. The van der Waals surface area contributed by atoms with Gasteiger partial charge in [-0.15, -0.1) is 12.4 Å². The fourth-order valence-corrected chi connectivity index (χ4v) is 3.14. The van der Waals surface area contributed by atoms with Crippen LogP contribution in [-0.2, 0) is 6.54 Å². The predicted octanol–water partition coefficient (Wildman–Crippen LogP) is 3.63. The van der Waals surface area contributed by atoms with Crippen LogP contribution in [0.4, 0.5) is 0 Å². The highest BCUT2D eigenvalue weighted by molar-refractivity contribution is 6.30. The maximum Gasteiger partial charge on any atom is 0.241 e. The maximum absolute atomic E-state index is 6.01. The van der Waals surface area contributed by atoms with E-state index < -0.39 is 0 Å². The van der Waals surface area contributed by atoms with Crippen molar-refractivity contribution in [3.8, 4) is 11.4 Å². The summed E-state index contributed by atoms with van der Waals surface area (Å²) in [6, 6.07) is 7.52. The third kappa shape index (κ3) is 5.18. The number of aromatic nitrogens is 2. The molecule has 132 valence electrons. The molecule has 0 saturated carbocycles. The molecular formula is C17H24Cl2N4O. The highest BCUT2D eigenvalue weighted by atomic mass is 35.5. The zero-order chi connectivity index (χ0) is 16.1. The van der Waals surface area contributed by atoms with Gasteiger partial charge < -0.3 is 9.84 Å². The number of hydrogen-bond acceptors (Lipinski definition) is 5. The van der Waals surface area contributed by atoms with Crippen LogP contribution >= 0.6 is 24.0 Å². The van der Waals surface area contributed by atoms with Gasteiger partial charge in [-0.25, -0.2) is 0 Å². The Morgan fingerprint density at radius 3 is 2.83 bits per heavy atom. The van der Waals surface area contributed by atoms with Crippen LogP contribution in [0.15, 0.2) is 28.8 Å². The molecule has 0 unspecified atom stereocenters. The van der Waals surface area contributed by atoms with Crippen LogP contribution < -0.4 is 5.32 Å². The first-order chi connectivity index (χ1) is 11.2. The van der Waals surface area contributed by atoms with E-state index in [1.165, 1.54) is 12.8 Å². The van der Waals surface area contributed by atoms with Gasteiger partial charge in [0.05, 0.1) is 6.54 Å². The van der Waals surface area contributed by atoms with Gasteiger partial charge in [0.1, 0.15) is 0 Å². The summed E-state index contributed by atoms with van der Waals surface area (Å²) in [5.74, 6) is 2.06. The standard InChI is InChI=1S/C17H23ClN4O.ClH/c1-2-19-11-13-6-8-22(9-7-13)12-16-20-17(21-23-16)14-4-3-5-15(18)10-14;/h3-5,10,13,19H,2,6-9,11-12H2,1H3;1H. The first-order valence-electron chi connectivity index (χ1n) is 8.26. The number of hydrogen-bond donors (Lipinski definition) is 1. The van der Waals surface area contributed by atoms with Crippen LogP contribution in [-0.4, -0.2) is 41.2 Å². The summed E-state index contributed by atoms with van der Waals surface area (Å²) in [5, 5.41) is 8.18. The molecule has 1 N–H and O–H groups in total. The molecular weight excluding hydrogens is 347 g/mol. The Kier molecular flexibility index (Phi) is 7.49. The minimum Gasteiger partial charge on any atom is -0.338 e. The van der Waals surface area contributed by atoms with Crippen molar-refractivity contribution in [2.45, 2.75) is 26.3 Å². The van der Waals surface area contributed by atoms with E-state index in [9.17, 15) is 0 Å². The van der Waals surface area contributed by atoms with Gasteiger partial charge in [0.25, 0.3) is 0 Å². The fourth-order valence-electron chi connectivity index (χ4n) is 2.95. The third-order valence-corrected chi connectivity index (χ3v) is 4.54. The number of rotatable bonds is 6. The summed E-state index contributed by atoms with van der Waals surface area (Å²) >= 11 is 6.01. The SMILES string of the molecule is CCNCC1CCN(Cc2nc(-c3cccc(Cl)c3)no2)CC1.Cl. The lowest BCUT2D eigenvalue weighted by Crippen LogP contribution is -2.36. The first-order valence-corrected chi connectivity index (χ1v) is 8.64. The summed E-state index contributed by atoms with van der Waals surface area (Å²) in [6.45, 7) is 7.23. The smallest absolute Gasteiger partial charge is 0.241 e. The van der Waals surface area contributed by atoms with Crippen molar-refractivity contribution in [2.75, 3.05) is 26.2 Å². The van der Waals surface area contributed by atoms with Gasteiger partial charge in [-0.2, -0.15) is 4.98 Å². The fraction of sp³-hybridized carbons (Fsp3) is 0.529. The molecule has 2 heterocycles. The molecule has 7 heteroatoms. The zero-order valence-corrected chi connectivity index (χ0v) is 15.4. The first kappa shape index (κ1) is 19.2. The van der Waals surface area contributed by atoms with Gasteiger partial charge >= 0.3 is 0 Å². The summed E-state index contributed by atoms with van der Waals surface area (Å²) in [7, 11) is 0. The number of nitrogens with zero attached hydrogens (tertiary/aromatic N) is 3. The lowest BCUT2D eigenvalue weighted by Gasteiger charge is -2.30. The van der Waals surface area contributed by atoms with Gasteiger partial charge in [-0.1, -0.05) is 35.8 Å². The Labute approximate surface area is 154 Å². The minimum atomic E-state index is 0. The van der Waals surface area contributed by atoms with E-state index in [2.05, 4.69) is 27.3 Å². The molecule has 1 aromatic heterocycles. The van der Waals surface area contributed by atoms with E-state index in [0.717, 1.165) is 44.2 Å². The summed E-state index contributed by atoms with van der Waals surface area (Å²) in [6.07, 6.45) is 2.45. The van der Waals surface area contributed by atoms with Gasteiger partial charge in [0, 0.05) is 10.6 Å². The molecule has 0 atom stereocenters. The number of benzene rings is 1. The number of piperidine rings is 1. The van der Waals surface area contributed by atoms with E-state index >= 15 is 0 Å². The lowest BCUT2D eigenvalue weighted by atomic mass is 9.97. The van der Waals surface area contributed by atoms with Crippen molar-refractivity contribution in [3.63, 3.8) is 0 Å². The van der Waals surface area contributed by atoms with Gasteiger partial charge in [0.2, 0.25) is 11.7 Å². The van der Waals surface area contributed by atoms with Gasteiger partial charge in [0.15, 0.2) is 0 Å². The second kappa shape index (κ2) is 9.37. The molecule has 1 fully saturated rings. The van der Waals surface area contributed by atoms with Gasteiger partial charge in [-0.05, 0) is 57.1 Å². The van der Waals surface area contributed by atoms with Crippen molar-refractivity contribution in [1.82, 2.24) is 20.4 Å². The van der Waals surface area contributed by atoms with Crippen molar-refractivity contribution in [3.05, 3.63) is 35.2 Å². The summed E-state index contributed by atoms with van der Waals surface area (Å²) in [4.78, 5) is 6.88. The molecule has 1 aliphatic heterocycles. The zero-order valence-electron chi connectivity index (χ0n) is 13.9. The van der Waals surface area contributed by atoms with E-state index in [0.29, 0.717) is 16.7 Å². The molecule has 0 bridgehead atoms. The number of halogens is 2. The van der Waals surface area contributed by atoms with Crippen LogP contribution in [0.3, 0.4) is 0 Å². The van der Waals surface area contributed by atoms with Crippen molar-refractivity contribution >= 4 is 24.0 Å². The van der Waals surface area contributed by atoms with Crippen LogP contribution in [0.2, 0.25) is 5.02 Å². The molecule has 3 rings (SSSR count). The van der Waals surface area contributed by atoms with Crippen LogP contribution in [0.25, 0.3) is 11.4 Å². The lowest BCUT2D eigenvalue weighted by molar-refractivity contribution is 0.158. The molecule has 1 aromatic carbocycles. The highest BCUT2D eigenvalue weighted by Gasteiger charge is 2.20. The second-order valence-corrected chi connectivity index (χ2v) is 6.49. The summed E-state index contributed by atoms with van der Waals surface area (Å²) in [5.41, 5.74) is 0.886. The Morgan fingerprint density at radius 1 is 1.33 bits per heavy atom. The van der Waals surface area contributed by atoms with Crippen molar-refractivity contribution < 1.29 is 4.52 Å². The number of likely N-dealkylation sites (tertiary alicyclic amines) is 1. The third-order valence-electron chi connectivity index (χ3n) is 4.30. The molecule has 0 radical (unpaired) electrons. The molecule has 0 spiro atoms. The molecule has 1 saturated heterocycles. The van der Waals surface area contributed by atoms with Crippen LogP contribution in [0.5, 0.6) is 0 Å². The van der Waals surface area contributed by atoms with Crippen molar-refractivity contribution in [2.24, 2.45) is 5.92 Å². The monoisotopic (exact) mass is 370 g/mol. The van der Waals surface area contributed by atoms with Crippen molar-refractivity contribution in [1.29, 1.82) is 0 Å². The molecule has 0 amide bonds. The maximum atomic E-state index is 6.01. The average molecular weight is 371 g/mol. The second-order valence-electron chi connectivity index (χ2n) is 6.05. The topological polar surface area (TPSA) is 54.2 Å². The summed E-state index contributed by atoms with van der Waals surface area (Å²) < 4.78 is 5.40.